The number of thiocarbonyl (C=S) groups is 1. The van der Waals surface area contributed by atoms with E-state index >= 15 is 0 Å². The highest BCUT2D eigenvalue weighted by atomic mass is 32.2. The second kappa shape index (κ2) is 6.93. The molecule has 0 aliphatic carbocycles. The lowest BCUT2D eigenvalue weighted by Crippen LogP contribution is -2.47. The predicted octanol–water partition coefficient (Wildman–Crippen LogP) is 3.55. The Bertz CT molecular complexity index is 908. The summed E-state index contributed by atoms with van der Waals surface area (Å²) in [6, 6.07) is 8.54. The van der Waals surface area contributed by atoms with Gasteiger partial charge in [0.2, 0.25) is 0 Å². The second-order valence-electron chi connectivity index (χ2n) is 6.03. The highest BCUT2D eigenvalue weighted by Crippen LogP contribution is 2.35. The number of hydrogen-bond donors (Lipinski definition) is 1. The molecule has 0 bridgehead atoms. The third-order valence-corrected chi connectivity index (χ3v) is 5.24. The summed E-state index contributed by atoms with van der Waals surface area (Å²) in [6.07, 6.45) is 3.47. The van der Waals surface area contributed by atoms with Gasteiger partial charge in [0.15, 0.2) is 0 Å². The molecule has 1 aliphatic heterocycles. The van der Waals surface area contributed by atoms with Crippen LogP contribution in [0.5, 0.6) is 0 Å². The van der Waals surface area contributed by atoms with Crippen LogP contribution in [0.15, 0.2) is 41.4 Å². The van der Waals surface area contributed by atoms with E-state index in [2.05, 4.69) is 4.98 Å². The van der Waals surface area contributed by atoms with E-state index in [9.17, 15) is 14.7 Å². The first-order valence-corrected chi connectivity index (χ1v) is 8.95. The number of nitrogens with zero attached hydrogens (tertiary/aromatic N) is 2. The molecule has 0 spiro atoms. The Balaban J connectivity index is 1.95. The molecule has 7 heteroatoms. The van der Waals surface area contributed by atoms with Crippen LogP contribution in [0.4, 0.5) is 0 Å². The summed E-state index contributed by atoms with van der Waals surface area (Å²) in [5.74, 6) is -1.65. The maximum atomic E-state index is 12.7. The average molecular weight is 372 g/mol. The predicted molar refractivity (Wildman–Crippen MR) is 103 cm³/mol. The van der Waals surface area contributed by atoms with Crippen molar-refractivity contribution >= 4 is 57.2 Å². The van der Waals surface area contributed by atoms with Crippen LogP contribution in [0.1, 0.15) is 19.4 Å². The maximum Gasteiger partial charge on any atom is 0.327 e. The number of amides is 1. The molecule has 2 heterocycles. The molecule has 3 rings (SSSR count). The van der Waals surface area contributed by atoms with Crippen LogP contribution >= 0.6 is 24.0 Å². The fraction of sp³-hybridized carbons (Fsp3) is 0.222. The molecule has 1 amide bonds. The summed E-state index contributed by atoms with van der Waals surface area (Å²) in [5, 5.41) is 10.4. The van der Waals surface area contributed by atoms with Crippen molar-refractivity contribution < 1.29 is 14.7 Å². The average Bonchev–Trinajstić information content (AvgIpc) is 2.82. The van der Waals surface area contributed by atoms with Crippen molar-refractivity contribution in [3.8, 4) is 0 Å². The van der Waals surface area contributed by atoms with E-state index in [4.69, 9.17) is 12.2 Å². The highest BCUT2D eigenvalue weighted by Gasteiger charge is 2.41. The number of thioether (sulfide) groups is 1. The van der Waals surface area contributed by atoms with Crippen molar-refractivity contribution in [1.29, 1.82) is 0 Å². The van der Waals surface area contributed by atoms with Gasteiger partial charge in [0.05, 0.1) is 10.4 Å². The molecular weight excluding hydrogens is 356 g/mol. The summed E-state index contributed by atoms with van der Waals surface area (Å²) >= 11 is 6.39. The summed E-state index contributed by atoms with van der Waals surface area (Å²) < 4.78 is 0.278. The number of benzene rings is 1. The molecule has 25 heavy (non-hydrogen) atoms. The van der Waals surface area contributed by atoms with Crippen LogP contribution in [-0.4, -0.2) is 37.2 Å². The maximum absolute atomic E-state index is 12.7. The van der Waals surface area contributed by atoms with E-state index in [1.165, 1.54) is 4.90 Å². The molecule has 1 atom stereocenters. The molecule has 1 N–H and O–H groups in total. The van der Waals surface area contributed by atoms with Gasteiger partial charge in [0.25, 0.3) is 5.91 Å². The minimum absolute atomic E-state index is 0.244. The van der Waals surface area contributed by atoms with Gasteiger partial charge < -0.3 is 5.11 Å². The number of carbonyl (C=O) groups is 2. The Morgan fingerprint density at radius 2 is 2.12 bits per heavy atom. The van der Waals surface area contributed by atoms with E-state index in [1.807, 2.05) is 30.3 Å². The Labute approximate surface area is 154 Å². The molecule has 2 aromatic rings. The van der Waals surface area contributed by atoms with Gasteiger partial charge in [-0.1, -0.05) is 50.0 Å². The third-order valence-electron chi connectivity index (χ3n) is 3.91. The molecule has 0 saturated carbocycles. The zero-order chi connectivity index (χ0) is 18.1. The molecule has 1 saturated heterocycles. The van der Waals surface area contributed by atoms with Crippen molar-refractivity contribution in [2.24, 2.45) is 5.92 Å². The molecular formula is C18H16N2O3S2. The molecule has 1 aromatic heterocycles. The molecule has 128 valence electrons. The van der Waals surface area contributed by atoms with Crippen LogP contribution < -0.4 is 0 Å². The number of rotatable bonds is 4. The third kappa shape index (κ3) is 3.43. The van der Waals surface area contributed by atoms with Gasteiger partial charge in [0, 0.05) is 11.6 Å². The van der Waals surface area contributed by atoms with Gasteiger partial charge >= 0.3 is 5.97 Å². The zero-order valence-electron chi connectivity index (χ0n) is 13.7. The SMILES string of the molecule is CC(C)[C@@H](C(=O)O)N1C(=O)/C(=C\c2ccc3ncccc3c2)SC1=S. The lowest BCUT2D eigenvalue weighted by molar-refractivity contribution is -0.146. The van der Waals surface area contributed by atoms with E-state index in [0.29, 0.717) is 4.91 Å². The number of carboxylic acids is 1. The van der Waals surface area contributed by atoms with Crippen LogP contribution in [0.3, 0.4) is 0 Å². The fourth-order valence-electron chi connectivity index (χ4n) is 2.75. The Morgan fingerprint density at radius 3 is 2.80 bits per heavy atom. The monoisotopic (exact) mass is 372 g/mol. The minimum atomic E-state index is -1.05. The van der Waals surface area contributed by atoms with Crippen molar-refractivity contribution in [3.63, 3.8) is 0 Å². The van der Waals surface area contributed by atoms with Crippen LogP contribution in [0.25, 0.3) is 17.0 Å². The smallest absolute Gasteiger partial charge is 0.327 e. The van der Waals surface area contributed by atoms with E-state index < -0.39 is 12.0 Å². The number of aromatic nitrogens is 1. The zero-order valence-corrected chi connectivity index (χ0v) is 15.3. The number of carbonyl (C=O) groups excluding carboxylic acids is 1. The molecule has 1 aromatic carbocycles. The standard InChI is InChI=1S/C18H16N2O3S2/c1-10(2)15(17(22)23)20-16(21)14(25-18(20)24)9-11-5-6-13-12(8-11)4-3-7-19-13/h3-10,15H,1-2H3,(H,22,23)/b14-9+/t15-/m0/s1. The first kappa shape index (κ1) is 17.6. The number of fused-ring (bicyclic) bond motifs is 1. The number of aliphatic carboxylic acids is 1. The van der Waals surface area contributed by atoms with Crippen molar-refractivity contribution in [2.75, 3.05) is 0 Å². The number of hydrogen-bond acceptors (Lipinski definition) is 5. The number of carboxylic acid groups (broad SMARTS) is 1. The largest absolute Gasteiger partial charge is 0.480 e. The molecule has 1 aliphatic rings. The number of pyridine rings is 1. The highest BCUT2D eigenvalue weighted by molar-refractivity contribution is 8.26. The van der Waals surface area contributed by atoms with Crippen molar-refractivity contribution in [2.45, 2.75) is 19.9 Å². The Kier molecular flexibility index (Phi) is 4.87. The quantitative estimate of drug-likeness (QED) is 0.654. The lowest BCUT2D eigenvalue weighted by atomic mass is 10.0. The van der Waals surface area contributed by atoms with Gasteiger partial charge in [-0.3, -0.25) is 14.7 Å². The second-order valence-corrected chi connectivity index (χ2v) is 7.71. The van der Waals surface area contributed by atoms with Gasteiger partial charge in [-0.15, -0.1) is 0 Å². The van der Waals surface area contributed by atoms with E-state index in [0.717, 1.165) is 28.2 Å². The molecule has 5 nitrogen and oxygen atoms in total. The molecule has 0 unspecified atom stereocenters. The van der Waals surface area contributed by atoms with Crippen molar-refractivity contribution in [3.05, 3.63) is 47.0 Å². The van der Waals surface area contributed by atoms with E-state index in [1.54, 1.807) is 26.1 Å². The summed E-state index contributed by atoms with van der Waals surface area (Å²) in [4.78, 5) is 30.2. The van der Waals surface area contributed by atoms with Gasteiger partial charge in [-0.25, -0.2) is 4.79 Å². The van der Waals surface area contributed by atoms with Crippen LogP contribution in [0, 0.1) is 5.92 Å². The van der Waals surface area contributed by atoms with Gasteiger partial charge in [-0.05, 0) is 35.8 Å². The van der Waals surface area contributed by atoms with E-state index in [-0.39, 0.29) is 16.1 Å². The first-order chi connectivity index (χ1) is 11.9. The van der Waals surface area contributed by atoms with Crippen molar-refractivity contribution in [1.82, 2.24) is 9.88 Å². The molecule has 1 fully saturated rings. The summed E-state index contributed by atoms with van der Waals surface area (Å²) in [6.45, 7) is 3.52. The Hall–Kier alpha value is -2.25. The fourth-order valence-corrected chi connectivity index (χ4v) is 4.08. The molecule has 0 radical (unpaired) electrons. The lowest BCUT2D eigenvalue weighted by Gasteiger charge is -2.26. The normalized spacial score (nSPS) is 17.7. The first-order valence-electron chi connectivity index (χ1n) is 7.73. The summed E-state index contributed by atoms with van der Waals surface area (Å²) in [5.41, 5.74) is 1.72. The Morgan fingerprint density at radius 1 is 1.36 bits per heavy atom. The van der Waals surface area contributed by atoms with Crippen LogP contribution in [-0.2, 0) is 9.59 Å². The summed E-state index contributed by atoms with van der Waals surface area (Å²) in [7, 11) is 0. The minimum Gasteiger partial charge on any atom is -0.480 e. The van der Waals surface area contributed by atoms with Crippen LogP contribution in [0.2, 0.25) is 0 Å². The topological polar surface area (TPSA) is 70.5 Å². The van der Waals surface area contributed by atoms with Gasteiger partial charge in [0.1, 0.15) is 10.4 Å². The van der Waals surface area contributed by atoms with Gasteiger partial charge in [-0.2, -0.15) is 0 Å².